The predicted octanol–water partition coefficient (Wildman–Crippen LogP) is 5.01. The lowest BCUT2D eigenvalue weighted by atomic mass is 10.1. The fourth-order valence-corrected chi connectivity index (χ4v) is 4.97. The van der Waals surface area contributed by atoms with Gasteiger partial charge in [-0.15, -0.1) is 11.3 Å². The zero-order chi connectivity index (χ0) is 24.9. The molecule has 2 N–H and O–H groups in total. The van der Waals surface area contributed by atoms with Crippen molar-refractivity contribution in [3.05, 3.63) is 52.6 Å². The Kier molecular flexibility index (Phi) is 7.60. The van der Waals surface area contributed by atoms with Crippen molar-refractivity contribution >= 4 is 33.7 Å². The normalized spacial score (nSPS) is 14.2. The maximum Gasteiger partial charge on any atom is 0.163 e. The number of benzene rings is 2. The van der Waals surface area contributed by atoms with Gasteiger partial charge < -0.3 is 20.1 Å². The topological polar surface area (TPSA) is 84.4 Å². The van der Waals surface area contributed by atoms with Gasteiger partial charge in [-0.1, -0.05) is 12.1 Å². The molecule has 0 unspecified atom stereocenters. The molecule has 2 aromatic carbocycles. The molecule has 0 amide bonds. The number of fused-ring (bicyclic) bond motifs is 1. The number of anilines is 2. The van der Waals surface area contributed by atoms with Crippen LogP contribution in [0.5, 0.6) is 11.5 Å². The van der Waals surface area contributed by atoms with Crippen LogP contribution < -0.4 is 20.1 Å². The Morgan fingerprint density at radius 1 is 1.00 bits per heavy atom. The standard InChI is InChI=1S/C27H32N6O2S/c1-4-34-24-14-21-22(15-25(24)35-5-2)31-26(16-33-11-9-28-10-12-33)32-27(21)30-20-8-6-7-19(13-20)23-17-36-18(3)29-23/h6-8,13-15,17,28H,4-5,9-12,16H2,1-3H3,(H,30,31,32). The lowest BCUT2D eigenvalue weighted by molar-refractivity contribution is 0.228. The van der Waals surface area contributed by atoms with Gasteiger partial charge in [-0.05, 0) is 39.0 Å². The highest BCUT2D eigenvalue weighted by molar-refractivity contribution is 7.09. The van der Waals surface area contributed by atoms with Gasteiger partial charge in [0.1, 0.15) is 11.6 Å². The van der Waals surface area contributed by atoms with E-state index < -0.39 is 0 Å². The van der Waals surface area contributed by atoms with Gasteiger partial charge in [0.2, 0.25) is 0 Å². The number of rotatable bonds is 9. The van der Waals surface area contributed by atoms with Crippen molar-refractivity contribution < 1.29 is 9.47 Å². The molecule has 1 fully saturated rings. The Labute approximate surface area is 215 Å². The van der Waals surface area contributed by atoms with Crippen LogP contribution in [0.25, 0.3) is 22.2 Å². The van der Waals surface area contributed by atoms with Crippen molar-refractivity contribution in [2.24, 2.45) is 0 Å². The minimum atomic E-state index is 0.547. The van der Waals surface area contributed by atoms with Crippen molar-refractivity contribution in [3.63, 3.8) is 0 Å². The first-order valence-corrected chi connectivity index (χ1v) is 13.3. The van der Waals surface area contributed by atoms with Crippen LogP contribution in [-0.2, 0) is 6.54 Å². The molecule has 0 spiro atoms. The van der Waals surface area contributed by atoms with Gasteiger partial charge in [-0.3, -0.25) is 4.90 Å². The monoisotopic (exact) mass is 504 g/mol. The van der Waals surface area contributed by atoms with Crippen molar-refractivity contribution in [1.29, 1.82) is 0 Å². The second-order valence-electron chi connectivity index (χ2n) is 8.65. The van der Waals surface area contributed by atoms with Gasteiger partial charge in [-0.2, -0.15) is 0 Å². The number of nitrogens with zero attached hydrogens (tertiary/aromatic N) is 4. The van der Waals surface area contributed by atoms with Gasteiger partial charge in [-0.25, -0.2) is 15.0 Å². The smallest absolute Gasteiger partial charge is 0.163 e. The third-order valence-corrected chi connectivity index (χ3v) is 6.80. The van der Waals surface area contributed by atoms with Crippen molar-refractivity contribution in [3.8, 4) is 22.8 Å². The largest absolute Gasteiger partial charge is 0.490 e. The molecular weight excluding hydrogens is 472 g/mol. The fraction of sp³-hybridized carbons (Fsp3) is 0.370. The average molecular weight is 505 g/mol. The minimum Gasteiger partial charge on any atom is -0.490 e. The molecule has 1 aliphatic rings. The van der Waals surface area contributed by atoms with E-state index in [9.17, 15) is 0 Å². The lowest BCUT2D eigenvalue weighted by Crippen LogP contribution is -2.43. The summed E-state index contributed by atoms with van der Waals surface area (Å²) in [7, 11) is 0. The van der Waals surface area contributed by atoms with Crippen LogP contribution in [0.2, 0.25) is 0 Å². The molecule has 1 aliphatic heterocycles. The molecule has 4 aromatic rings. The zero-order valence-electron chi connectivity index (χ0n) is 21.0. The van der Waals surface area contributed by atoms with Gasteiger partial charge in [0.25, 0.3) is 0 Å². The Morgan fingerprint density at radius 2 is 1.78 bits per heavy atom. The quantitative estimate of drug-likeness (QED) is 0.329. The summed E-state index contributed by atoms with van der Waals surface area (Å²) in [6.07, 6.45) is 0. The molecule has 188 valence electrons. The maximum atomic E-state index is 5.90. The summed E-state index contributed by atoms with van der Waals surface area (Å²) < 4.78 is 11.8. The third-order valence-electron chi connectivity index (χ3n) is 6.02. The molecule has 1 saturated heterocycles. The molecule has 9 heteroatoms. The van der Waals surface area contributed by atoms with Crippen LogP contribution in [0.1, 0.15) is 24.7 Å². The van der Waals surface area contributed by atoms with E-state index in [-0.39, 0.29) is 0 Å². The van der Waals surface area contributed by atoms with E-state index in [0.717, 1.165) is 70.7 Å². The number of aromatic nitrogens is 3. The molecule has 0 bridgehead atoms. The molecule has 0 radical (unpaired) electrons. The second-order valence-corrected chi connectivity index (χ2v) is 9.72. The lowest BCUT2D eigenvalue weighted by Gasteiger charge is -2.26. The van der Waals surface area contributed by atoms with E-state index in [0.29, 0.717) is 31.3 Å². The van der Waals surface area contributed by atoms with Crippen molar-refractivity contribution in [1.82, 2.24) is 25.2 Å². The van der Waals surface area contributed by atoms with E-state index in [1.807, 2.05) is 45.0 Å². The zero-order valence-corrected chi connectivity index (χ0v) is 21.8. The number of piperazine rings is 1. The Hall–Kier alpha value is -3.27. The summed E-state index contributed by atoms with van der Waals surface area (Å²) in [5.41, 5.74) is 3.82. The van der Waals surface area contributed by atoms with Gasteiger partial charge in [0, 0.05) is 54.3 Å². The van der Waals surface area contributed by atoms with E-state index in [2.05, 4.69) is 38.0 Å². The third kappa shape index (κ3) is 5.59. The number of nitrogens with one attached hydrogen (secondary N) is 2. The molecule has 3 heterocycles. The molecule has 0 saturated carbocycles. The van der Waals surface area contributed by atoms with E-state index in [1.165, 1.54) is 0 Å². The van der Waals surface area contributed by atoms with E-state index in [1.54, 1.807) is 11.3 Å². The van der Waals surface area contributed by atoms with Crippen LogP contribution >= 0.6 is 11.3 Å². The van der Waals surface area contributed by atoms with Crippen LogP contribution in [0.3, 0.4) is 0 Å². The van der Waals surface area contributed by atoms with Gasteiger partial charge >= 0.3 is 0 Å². The molecule has 5 rings (SSSR count). The highest BCUT2D eigenvalue weighted by atomic mass is 32.1. The molecule has 2 aromatic heterocycles. The highest BCUT2D eigenvalue weighted by Crippen LogP contribution is 2.36. The number of ether oxygens (including phenoxy) is 2. The second kappa shape index (κ2) is 11.2. The summed E-state index contributed by atoms with van der Waals surface area (Å²) >= 11 is 1.65. The van der Waals surface area contributed by atoms with E-state index in [4.69, 9.17) is 19.4 Å². The molecular formula is C27H32N6O2S. The predicted molar refractivity (Wildman–Crippen MR) is 146 cm³/mol. The Bertz CT molecular complexity index is 1340. The maximum absolute atomic E-state index is 5.90. The van der Waals surface area contributed by atoms with Crippen LogP contribution in [-0.4, -0.2) is 59.2 Å². The molecule has 0 aliphatic carbocycles. The number of hydrogen-bond donors (Lipinski definition) is 2. The summed E-state index contributed by atoms with van der Waals surface area (Å²) in [5, 5.41) is 11.0. The first-order valence-electron chi connectivity index (χ1n) is 12.5. The molecule has 36 heavy (non-hydrogen) atoms. The van der Waals surface area contributed by atoms with Crippen molar-refractivity contribution in [2.45, 2.75) is 27.3 Å². The summed E-state index contributed by atoms with van der Waals surface area (Å²) in [4.78, 5) is 16.9. The summed E-state index contributed by atoms with van der Waals surface area (Å²) in [5.74, 6) is 2.93. The van der Waals surface area contributed by atoms with Crippen LogP contribution in [0.15, 0.2) is 41.8 Å². The Morgan fingerprint density at radius 3 is 2.50 bits per heavy atom. The first kappa shape index (κ1) is 24.4. The number of thiazole rings is 1. The minimum absolute atomic E-state index is 0.547. The summed E-state index contributed by atoms with van der Waals surface area (Å²) in [6, 6.07) is 12.2. The Balaban J connectivity index is 1.55. The fourth-order valence-electron chi connectivity index (χ4n) is 4.35. The number of aryl methyl sites for hydroxylation is 1. The van der Waals surface area contributed by atoms with Gasteiger partial charge in [0.05, 0.1) is 36.0 Å². The van der Waals surface area contributed by atoms with Gasteiger partial charge in [0.15, 0.2) is 11.5 Å². The molecule has 8 nitrogen and oxygen atoms in total. The van der Waals surface area contributed by atoms with E-state index >= 15 is 0 Å². The molecule has 0 atom stereocenters. The van der Waals surface area contributed by atoms with Crippen molar-refractivity contribution in [2.75, 3.05) is 44.7 Å². The highest BCUT2D eigenvalue weighted by Gasteiger charge is 2.17. The first-order chi connectivity index (χ1) is 17.6. The summed E-state index contributed by atoms with van der Waals surface area (Å²) in [6.45, 7) is 11.7. The van der Waals surface area contributed by atoms with Crippen LogP contribution in [0, 0.1) is 6.92 Å². The van der Waals surface area contributed by atoms with Crippen LogP contribution in [0.4, 0.5) is 11.5 Å². The SMILES string of the molecule is CCOc1cc2nc(CN3CCNCC3)nc(Nc3cccc(-c4csc(C)n4)c3)c2cc1OCC. The average Bonchev–Trinajstić information content (AvgIpc) is 3.32. The number of hydrogen-bond acceptors (Lipinski definition) is 9.